The van der Waals surface area contributed by atoms with Crippen molar-refractivity contribution in [2.75, 3.05) is 6.61 Å². The van der Waals surface area contributed by atoms with Crippen LogP contribution in [0.25, 0.3) is 11.2 Å². The molecular weight excluding hydrogens is 460 g/mol. The second kappa shape index (κ2) is 9.37. The predicted octanol–water partition coefficient (Wildman–Crippen LogP) is 2.89. The number of imidazole rings is 1. The molecule has 0 unspecified atom stereocenters. The molecule has 0 fully saturated rings. The molecule has 0 radical (unpaired) electrons. The number of aromatic nitrogens is 6. The molecule has 5 rings (SSSR count). The van der Waals surface area contributed by atoms with Gasteiger partial charge in [0.2, 0.25) is 6.10 Å². The van der Waals surface area contributed by atoms with Crippen LogP contribution in [0.15, 0.2) is 43.5 Å². The van der Waals surface area contributed by atoms with Gasteiger partial charge in [-0.3, -0.25) is 14.3 Å². The van der Waals surface area contributed by atoms with Gasteiger partial charge >= 0.3 is 5.69 Å². The average molecular weight is 485 g/mol. The molecule has 0 bridgehead atoms. The maximum absolute atomic E-state index is 12.6. The normalized spacial score (nSPS) is 15.2. The number of hydrogen-bond donors (Lipinski definition) is 1. The van der Waals surface area contributed by atoms with Gasteiger partial charge in [0.25, 0.3) is 16.7 Å². The van der Waals surface area contributed by atoms with E-state index in [2.05, 4.69) is 20.2 Å². The lowest BCUT2D eigenvalue weighted by Gasteiger charge is -2.23. The summed E-state index contributed by atoms with van der Waals surface area (Å²) in [5.41, 5.74) is -0.0828. The quantitative estimate of drug-likeness (QED) is 0.375. The lowest BCUT2D eigenvalue weighted by atomic mass is 10.2. The number of benzene rings is 1. The van der Waals surface area contributed by atoms with Crippen LogP contribution in [0.1, 0.15) is 44.5 Å². The molecule has 0 saturated heterocycles. The topological polar surface area (TPSA) is 130 Å². The number of para-hydroxylation sites is 2. The van der Waals surface area contributed by atoms with Gasteiger partial charge < -0.3 is 18.5 Å². The fourth-order valence-corrected chi connectivity index (χ4v) is 4.58. The van der Waals surface area contributed by atoms with E-state index in [1.807, 2.05) is 42.7 Å². The molecule has 1 aliphatic heterocycles. The summed E-state index contributed by atoms with van der Waals surface area (Å²) < 4.78 is 20.8. The predicted molar refractivity (Wildman–Crippen MR) is 124 cm³/mol. The summed E-state index contributed by atoms with van der Waals surface area (Å²) in [5, 5.41) is 8.58. The molecule has 1 N–H and O–H groups in total. The van der Waals surface area contributed by atoms with Crippen LogP contribution in [0.5, 0.6) is 11.5 Å². The van der Waals surface area contributed by atoms with Crippen LogP contribution in [0, 0.1) is 0 Å². The summed E-state index contributed by atoms with van der Waals surface area (Å²) in [7, 11) is 0. The number of aromatic amines is 1. The van der Waals surface area contributed by atoms with Gasteiger partial charge in [0, 0.05) is 13.1 Å². The molecule has 3 aromatic heterocycles. The number of fused-ring (bicyclic) bond motifs is 2. The van der Waals surface area contributed by atoms with Crippen LogP contribution in [0.3, 0.4) is 0 Å². The zero-order valence-corrected chi connectivity index (χ0v) is 19.6. The molecule has 0 spiro atoms. The molecule has 1 aromatic carbocycles. The zero-order valence-electron chi connectivity index (χ0n) is 18.8. The first-order chi connectivity index (χ1) is 16.6. The lowest BCUT2D eigenvalue weighted by molar-refractivity contribution is 0.0686. The van der Waals surface area contributed by atoms with E-state index in [1.54, 1.807) is 0 Å². The number of nitrogens with one attached hydrogen (secondary N) is 1. The van der Waals surface area contributed by atoms with Crippen molar-refractivity contribution in [3.8, 4) is 11.5 Å². The Bertz CT molecular complexity index is 1440. The summed E-state index contributed by atoms with van der Waals surface area (Å²) >= 11 is 1.30. The fraction of sp³-hybridized carbons (Fsp3) is 0.409. The number of unbranched alkanes of at least 4 members (excludes halogenated alkanes) is 1. The maximum atomic E-state index is 12.6. The number of H-pyrrole nitrogens is 1. The Kier molecular flexibility index (Phi) is 6.14. The van der Waals surface area contributed by atoms with Crippen LogP contribution in [0.2, 0.25) is 0 Å². The molecule has 4 aromatic rings. The van der Waals surface area contributed by atoms with Crippen molar-refractivity contribution >= 4 is 22.9 Å². The first-order valence-electron chi connectivity index (χ1n) is 11.2. The first-order valence-corrected chi connectivity index (χ1v) is 12.1. The van der Waals surface area contributed by atoms with Gasteiger partial charge in [0.1, 0.15) is 12.4 Å². The highest BCUT2D eigenvalue weighted by molar-refractivity contribution is 7.98. The maximum Gasteiger partial charge on any atom is 0.330 e. The van der Waals surface area contributed by atoms with Crippen molar-refractivity contribution in [1.29, 1.82) is 0 Å². The second-order valence-corrected chi connectivity index (χ2v) is 8.69. The highest BCUT2D eigenvalue weighted by Gasteiger charge is 2.27. The Morgan fingerprint density at radius 2 is 1.97 bits per heavy atom. The minimum atomic E-state index is -0.497. The average Bonchev–Trinajstić information content (AvgIpc) is 3.47. The molecule has 34 heavy (non-hydrogen) atoms. The number of ether oxygens (including phenoxy) is 2. The first kappa shape index (κ1) is 22.3. The van der Waals surface area contributed by atoms with Crippen molar-refractivity contribution in [3.63, 3.8) is 0 Å². The van der Waals surface area contributed by atoms with Crippen molar-refractivity contribution in [2.24, 2.45) is 0 Å². The molecular formula is C22H24N6O5S. The summed E-state index contributed by atoms with van der Waals surface area (Å²) in [5.74, 6) is 2.66. The van der Waals surface area contributed by atoms with Gasteiger partial charge in [-0.2, -0.15) is 0 Å². The summed E-state index contributed by atoms with van der Waals surface area (Å²) in [6.07, 6.45) is 1.24. The lowest BCUT2D eigenvalue weighted by Crippen LogP contribution is -2.31. The van der Waals surface area contributed by atoms with E-state index in [1.165, 1.54) is 16.3 Å². The Hall–Kier alpha value is -3.54. The Balaban J connectivity index is 1.37. The van der Waals surface area contributed by atoms with E-state index >= 15 is 0 Å². The third-order valence-electron chi connectivity index (χ3n) is 5.55. The van der Waals surface area contributed by atoms with Crippen molar-refractivity contribution in [3.05, 3.63) is 56.8 Å². The summed E-state index contributed by atoms with van der Waals surface area (Å²) in [6.45, 7) is 5.27. The van der Waals surface area contributed by atoms with Crippen LogP contribution >= 0.6 is 11.8 Å². The molecule has 12 heteroatoms. The molecule has 11 nitrogen and oxygen atoms in total. The zero-order chi connectivity index (χ0) is 23.7. The van der Waals surface area contributed by atoms with E-state index in [4.69, 9.17) is 13.9 Å². The van der Waals surface area contributed by atoms with Crippen LogP contribution in [0.4, 0.5) is 0 Å². The third kappa shape index (κ3) is 4.09. The van der Waals surface area contributed by atoms with Gasteiger partial charge in [-0.05, 0) is 25.5 Å². The van der Waals surface area contributed by atoms with Crippen molar-refractivity contribution in [1.82, 2.24) is 29.3 Å². The number of hydrogen-bond acceptors (Lipinski definition) is 9. The largest absolute Gasteiger partial charge is 0.485 e. The molecule has 4 heterocycles. The highest BCUT2D eigenvalue weighted by atomic mass is 32.2. The third-order valence-corrected chi connectivity index (χ3v) is 6.36. The van der Waals surface area contributed by atoms with Crippen molar-refractivity contribution < 1.29 is 13.9 Å². The van der Waals surface area contributed by atoms with E-state index in [0.717, 1.165) is 12.8 Å². The van der Waals surface area contributed by atoms with Gasteiger partial charge in [-0.25, -0.2) is 9.78 Å². The van der Waals surface area contributed by atoms with E-state index in [9.17, 15) is 9.59 Å². The van der Waals surface area contributed by atoms with E-state index < -0.39 is 17.4 Å². The molecule has 0 saturated carbocycles. The van der Waals surface area contributed by atoms with Gasteiger partial charge in [-0.15, -0.1) is 10.2 Å². The minimum Gasteiger partial charge on any atom is -0.485 e. The molecule has 1 aliphatic rings. The monoisotopic (exact) mass is 484 g/mol. The molecule has 0 aliphatic carbocycles. The van der Waals surface area contributed by atoms with Crippen LogP contribution in [-0.2, 0) is 18.8 Å². The molecule has 178 valence electrons. The summed E-state index contributed by atoms with van der Waals surface area (Å²) in [6, 6.07) is 7.41. The van der Waals surface area contributed by atoms with E-state index in [-0.39, 0.29) is 6.61 Å². The Morgan fingerprint density at radius 3 is 2.76 bits per heavy atom. The number of nitrogens with zero attached hydrogens (tertiary/aromatic N) is 5. The summed E-state index contributed by atoms with van der Waals surface area (Å²) in [4.78, 5) is 32.0. The SMILES string of the molecule is CCCCn1c(=O)[nH]c(=O)c2c1nc(CSc1nnc([C@@H]3COc4ccccc4O3)o1)n2CC. The Morgan fingerprint density at radius 1 is 1.15 bits per heavy atom. The molecule has 1 atom stereocenters. The van der Waals surface area contributed by atoms with Crippen molar-refractivity contribution in [2.45, 2.75) is 56.9 Å². The highest BCUT2D eigenvalue weighted by Crippen LogP contribution is 2.36. The van der Waals surface area contributed by atoms with Gasteiger partial charge in [0.15, 0.2) is 22.7 Å². The second-order valence-electron chi connectivity index (χ2n) is 7.77. The fourth-order valence-electron chi connectivity index (χ4n) is 3.87. The Labute approximate surface area is 198 Å². The standard InChI is InChI=1S/C22H24N6O5S/c1-3-5-10-28-18-17(19(29)24-21(28)30)27(4-2)16(23-18)12-34-22-26-25-20(33-22)15-11-31-13-8-6-7-9-14(13)32-15/h6-9,15H,3-5,10-12H2,1-2H3,(H,24,29,30)/t15-/m0/s1. The number of aryl methyl sites for hydroxylation is 2. The number of rotatable bonds is 8. The number of thioether (sulfide) groups is 1. The van der Waals surface area contributed by atoms with Gasteiger partial charge in [-0.1, -0.05) is 37.2 Å². The van der Waals surface area contributed by atoms with E-state index in [0.29, 0.717) is 58.4 Å². The molecule has 0 amide bonds. The van der Waals surface area contributed by atoms with Crippen LogP contribution in [-0.4, -0.2) is 35.9 Å². The smallest absolute Gasteiger partial charge is 0.330 e. The van der Waals surface area contributed by atoms with Gasteiger partial charge in [0.05, 0.1) is 5.75 Å². The minimum absolute atomic E-state index is 0.271. The van der Waals surface area contributed by atoms with Crippen LogP contribution < -0.4 is 20.7 Å².